The molecular formula is C18H13F3N2O. The predicted octanol–water partition coefficient (Wildman–Crippen LogP) is 3.78. The smallest absolute Gasteiger partial charge is 0.257 e. The molecule has 0 saturated carbocycles. The molecule has 0 aliphatic carbocycles. The summed E-state index contributed by atoms with van der Waals surface area (Å²) >= 11 is 0. The molecule has 2 heterocycles. The summed E-state index contributed by atoms with van der Waals surface area (Å²) in [5, 5.41) is 1.01. The maximum Gasteiger partial charge on any atom is 0.257 e. The van der Waals surface area contributed by atoms with Crippen LogP contribution in [0.15, 0.2) is 36.4 Å². The van der Waals surface area contributed by atoms with Crippen LogP contribution in [-0.4, -0.2) is 22.3 Å². The second-order valence-corrected chi connectivity index (χ2v) is 5.83. The Labute approximate surface area is 135 Å². The van der Waals surface area contributed by atoms with Crippen LogP contribution >= 0.6 is 0 Å². The van der Waals surface area contributed by atoms with Gasteiger partial charge in [0.05, 0.1) is 5.56 Å². The van der Waals surface area contributed by atoms with E-state index >= 15 is 0 Å². The summed E-state index contributed by atoms with van der Waals surface area (Å²) in [6, 6.07) is 9.50. The van der Waals surface area contributed by atoms with E-state index in [0.717, 1.165) is 34.3 Å². The van der Waals surface area contributed by atoms with Gasteiger partial charge in [-0.25, -0.2) is 13.2 Å². The first kappa shape index (κ1) is 14.8. The van der Waals surface area contributed by atoms with Gasteiger partial charge in [-0.3, -0.25) is 4.79 Å². The van der Waals surface area contributed by atoms with Gasteiger partial charge in [-0.15, -0.1) is 0 Å². The van der Waals surface area contributed by atoms with Crippen LogP contribution in [0, 0.1) is 17.5 Å². The second-order valence-electron chi connectivity index (χ2n) is 5.83. The first-order valence-corrected chi connectivity index (χ1v) is 7.57. The number of nitrogens with one attached hydrogen (secondary N) is 1. The molecule has 4 rings (SSSR count). The van der Waals surface area contributed by atoms with E-state index < -0.39 is 28.9 Å². The average molecular weight is 330 g/mol. The van der Waals surface area contributed by atoms with E-state index in [1.807, 2.05) is 24.3 Å². The van der Waals surface area contributed by atoms with Crippen LogP contribution in [0.2, 0.25) is 0 Å². The van der Waals surface area contributed by atoms with Crippen molar-refractivity contribution in [2.45, 2.75) is 13.0 Å². The minimum Gasteiger partial charge on any atom is -0.358 e. The van der Waals surface area contributed by atoms with Gasteiger partial charge >= 0.3 is 0 Å². The third-order valence-corrected chi connectivity index (χ3v) is 4.44. The van der Waals surface area contributed by atoms with Gasteiger partial charge in [-0.2, -0.15) is 0 Å². The fourth-order valence-corrected chi connectivity index (χ4v) is 3.20. The third-order valence-electron chi connectivity index (χ3n) is 4.44. The lowest BCUT2D eigenvalue weighted by Gasteiger charge is -2.27. The number of fused-ring (bicyclic) bond motifs is 3. The van der Waals surface area contributed by atoms with Gasteiger partial charge in [-0.1, -0.05) is 18.2 Å². The first-order chi connectivity index (χ1) is 11.6. The zero-order valence-corrected chi connectivity index (χ0v) is 12.6. The van der Waals surface area contributed by atoms with E-state index in [0.29, 0.717) is 19.5 Å². The first-order valence-electron chi connectivity index (χ1n) is 7.57. The minimum absolute atomic E-state index is 0.302. The zero-order chi connectivity index (χ0) is 16.8. The molecule has 122 valence electrons. The molecule has 3 aromatic rings. The molecule has 6 heteroatoms. The standard InChI is InChI=1S/C18H13F3N2O/c19-13-6-5-11(16(20)17(13)21)18(24)23-8-7-15-12(9-23)10-3-1-2-4-14(10)22-15/h1-6,22H,7-9H2. The summed E-state index contributed by atoms with van der Waals surface area (Å²) in [4.78, 5) is 17.3. The average Bonchev–Trinajstić information content (AvgIpc) is 2.97. The summed E-state index contributed by atoms with van der Waals surface area (Å²) in [7, 11) is 0. The monoisotopic (exact) mass is 330 g/mol. The highest BCUT2D eigenvalue weighted by Gasteiger charge is 2.27. The van der Waals surface area contributed by atoms with Crippen LogP contribution in [0.4, 0.5) is 13.2 Å². The molecule has 0 spiro atoms. The fourth-order valence-electron chi connectivity index (χ4n) is 3.20. The molecule has 0 fully saturated rings. The zero-order valence-electron chi connectivity index (χ0n) is 12.6. The highest BCUT2D eigenvalue weighted by molar-refractivity contribution is 5.95. The van der Waals surface area contributed by atoms with Crippen molar-refractivity contribution in [2.24, 2.45) is 0 Å². The molecule has 1 aliphatic rings. The number of rotatable bonds is 1. The van der Waals surface area contributed by atoms with Gasteiger partial charge in [-0.05, 0) is 18.2 Å². The Balaban J connectivity index is 1.69. The number of carbonyl (C=O) groups excluding carboxylic acids is 1. The van der Waals surface area contributed by atoms with E-state index in [4.69, 9.17) is 0 Å². The Bertz CT molecular complexity index is 964. The van der Waals surface area contributed by atoms with Crippen LogP contribution in [0.1, 0.15) is 21.6 Å². The summed E-state index contributed by atoms with van der Waals surface area (Å²) in [5.74, 6) is -5.00. The normalized spacial score (nSPS) is 14.0. The van der Waals surface area contributed by atoms with E-state index in [1.165, 1.54) is 4.90 Å². The van der Waals surface area contributed by atoms with Crippen molar-refractivity contribution in [1.82, 2.24) is 9.88 Å². The molecule has 0 atom stereocenters. The highest BCUT2D eigenvalue weighted by Crippen LogP contribution is 2.28. The van der Waals surface area contributed by atoms with E-state index in [2.05, 4.69) is 4.98 Å². The van der Waals surface area contributed by atoms with Gasteiger partial charge in [0.25, 0.3) is 5.91 Å². The Hall–Kier alpha value is -2.76. The molecule has 24 heavy (non-hydrogen) atoms. The van der Waals surface area contributed by atoms with Gasteiger partial charge in [0.2, 0.25) is 0 Å². The predicted molar refractivity (Wildman–Crippen MR) is 83.1 cm³/mol. The molecule has 0 radical (unpaired) electrons. The van der Waals surface area contributed by atoms with E-state index in [-0.39, 0.29) is 0 Å². The van der Waals surface area contributed by atoms with Crippen LogP contribution in [0.3, 0.4) is 0 Å². The Morgan fingerprint density at radius 2 is 1.83 bits per heavy atom. The van der Waals surface area contributed by atoms with Crippen LogP contribution < -0.4 is 0 Å². The molecule has 1 amide bonds. The van der Waals surface area contributed by atoms with Crippen molar-refractivity contribution in [1.29, 1.82) is 0 Å². The number of carbonyl (C=O) groups is 1. The molecular weight excluding hydrogens is 317 g/mol. The topological polar surface area (TPSA) is 36.1 Å². The number of hydrogen-bond donors (Lipinski definition) is 1. The largest absolute Gasteiger partial charge is 0.358 e. The van der Waals surface area contributed by atoms with Gasteiger partial charge in [0.1, 0.15) is 0 Å². The van der Waals surface area contributed by atoms with Gasteiger partial charge < -0.3 is 9.88 Å². The number of para-hydroxylation sites is 1. The molecule has 1 aromatic heterocycles. The van der Waals surface area contributed by atoms with E-state index in [9.17, 15) is 18.0 Å². The summed E-state index contributed by atoms with van der Waals surface area (Å²) < 4.78 is 40.3. The lowest BCUT2D eigenvalue weighted by atomic mass is 10.0. The van der Waals surface area contributed by atoms with Crippen molar-refractivity contribution in [3.8, 4) is 0 Å². The Kier molecular flexibility index (Phi) is 3.33. The van der Waals surface area contributed by atoms with Crippen molar-refractivity contribution >= 4 is 16.8 Å². The molecule has 3 nitrogen and oxygen atoms in total. The van der Waals surface area contributed by atoms with Gasteiger partial charge in [0.15, 0.2) is 17.5 Å². The van der Waals surface area contributed by atoms with Crippen LogP contribution in [0.25, 0.3) is 10.9 Å². The lowest BCUT2D eigenvalue weighted by molar-refractivity contribution is 0.0729. The molecule has 0 unspecified atom stereocenters. The quantitative estimate of drug-likeness (QED) is 0.677. The number of amides is 1. The number of H-pyrrole nitrogens is 1. The lowest BCUT2D eigenvalue weighted by Crippen LogP contribution is -2.36. The van der Waals surface area contributed by atoms with Crippen molar-refractivity contribution in [2.75, 3.05) is 6.54 Å². The number of halogens is 3. The number of aromatic amines is 1. The maximum absolute atomic E-state index is 13.9. The summed E-state index contributed by atoms with van der Waals surface area (Å²) in [6.45, 7) is 0.688. The number of hydrogen-bond acceptors (Lipinski definition) is 1. The highest BCUT2D eigenvalue weighted by atomic mass is 19.2. The van der Waals surface area contributed by atoms with Crippen molar-refractivity contribution in [3.05, 3.63) is 70.7 Å². The maximum atomic E-state index is 13.9. The number of benzene rings is 2. The Morgan fingerprint density at radius 1 is 1.04 bits per heavy atom. The van der Waals surface area contributed by atoms with Crippen molar-refractivity contribution < 1.29 is 18.0 Å². The second kappa shape index (κ2) is 5.40. The van der Waals surface area contributed by atoms with Crippen LogP contribution in [0.5, 0.6) is 0 Å². The van der Waals surface area contributed by atoms with Crippen LogP contribution in [-0.2, 0) is 13.0 Å². The molecule has 0 saturated heterocycles. The molecule has 1 N–H and O–H groups in total. The summed E-state index contributed by atoms with van der Waals surface area (Å²) in [6.07, 6.45) is 0.598. The number of aromatic nitrogens is 1. The van der Waals surface area contributed by atoms with Gasteiger partial charge in [0, 0.05) is 41.7 Å². The SMILES string of the molecule is O=C(c1ccc(F)c(F)c1F)N1CCc2[nH]c3ccccc3c2C1. The minimum atomic E-state index is -1.62. The fraction of sp³-hybridized carbons (Fsp3) is 0.167. The molecule has 2 aromatic carbocycles. The summed E-state index contributed by atoms with van der Waals surface area (Å²) in [5.41, 5.74) is 2.56. The van der Waals surface area contributed by atoms with Crippen molar-refractivity contribution in [3.63, 3.8) is 0 Å². The third kappa shape index (κ3) is 2.18. The number of nitrogens with zero attached hydrogens (tertiary/aromatic N) is 1. The Morgan fingerprint density at radius 3 is 2.67 bits per heavy atom. The molecule has 0 bridgehead atoms. The molecule has 1 aliphatic heterocycles. The van der Waals surface area contributed by atoms with E-state index in [1.54, 1.807) is 0 Å².